The minimum atomic E-state index is -0.589. The molecule has 0 bridgehead atoms. The summed E-state index contributed by atoms with van der Waals surface area (Å²) in [6.45, 7) is 0.666. The molecular weight excluding hydrogens is 420 g/mol. The minimum absolute atomic E-state index is 0.172. The number of carbonyl (C=O) groups is 3. The molecule has 1 saturated heterocycles. The summed E-state index contributed by atoms with van der Waals surface area (Å²) in [6, 6.07) is 16.2. The van der Waals surface area contributed by atoms with Crippen LogP contribution in [0.1, 0.15) is 30.4 Å². The van der Waals surface area contributed by atoms with Crippen molar-refractivity contribution in [2.45, 2.75) is 44.4 Å². The number of para-hydroxylation sites is 1. The lowest BCUT2D eigenvalue weighted by Gasteiger charge is -2.29. The Morgan fingerprint density at radius 1 is 0.909 bits per heavy atom. The Morgan fingerprint density at radius 2 is 1.64 bits per heavy atom. The van der Waals surface area contributed by atoms with Gasteiger partial charge in [0.1, 0.15) is 18.7 Å². The lowest BCUT2D eigenvalue weighted by atomic mass is 9.99. The van der Waals surface area contributed by atoms with E-state index >= 15 is 0 Å². The first-order valence-corrected chi connectivity index (χ1v) is 11.2. The molecule has 2 atom stereocenters. The van der Waals surface area contributed by atoms with Crippen LogP contribution in [0.2, 0.25) is 0 Å². The first-order chi connectivity index (χ1) is 16.1. The fourth-order valence-electron chi connectivity index (χ4n) is 3.98. The standard InChI is InChI=1S/C25H28N4O4/c30-23-21(12-6-7-13-26-25(32)33-16-17-8-2-1-3-9-17)28-24(31)22(29-23)14-18-15-27-20-11-5-4-10-19(18)20/h1-5,8-11,15,21-22,27H,6-7,12-14,16H2,(H,26,32)(H,28,31)(H,29,30)/t21-,22-/m1/s1. The highest BCUT2D eigenvalue weighted by molar-refractivity contribution is 5.97. The lowest BCUT2D eigenvalue weighted by molar-refractivity contribution is -0.136. The van der Waals surface area contributed by atoms with Crippen molar-refractivity contribution in [1.29, 1.82) is 0 Å². The van der Waals surface area contributed by atoms with Crippen molar-refractivity contribution < 1.29 is 19.1 Å². The van der Waals surface area contributed by atoms with E-state index < -0.39 is 18.2 Å². The van der Waals surface area contributed by atoms with Crippen molar-refractivity contribution in [2.24, 2.45) is 0 Å². The second-order valence-electron chi connectivity index (χ2n) is 8.17. The molecule has 2 heterocycles. The molecule has 1 aromatic heterocycles. The van der Waals surface area contributed by atoms with E-state index in [-0.39, 0.29) is 18.4 Å². The summed E-state index contributed by atoms with van der Waals surface area (Å²) >= 11 is 0. The first-order valence-electron chi connectivity index (χ1n) is 11.2. The predicted molar refractivity (Wildman–Crippen MR) is 124 cm³/mol. The number of hydrogen-bond acceptors (Lipinski definition) is 4. The number of aromatic amines is 1. The number of aromatic nitrogens is 1. The van der Waals surface area contributed by atoms with Crippen LogP contribution in [-0.4, -0.2) is 41.5 Å². The van der Waals surface area contributed by atoms with Crippen molar-refractivity contribution in [3.63, 3.8) is 0 Å². The second kappa shape index (κ2) is 10.7. The van der Waals surface area contributed by atoms with Gasteiger partial charge in [-0.2, -0.15) is 0 Å². The molecule has 0 spiro atoms. The number of benzene rings is 2. The molecule has 8 nitrogen and oxygen atoms in total. The lowest BCUT2D eigenvalue weighted by Crippen LogP contribution is -2.62. The molecule has 4 rings (SSSR count). The van der Waals surface area contributed by atoms with Crippen molar-refractivity contribution in [2.75, 3.05) is 6.54 Å². The van der Waals surface area contributed by atoms with E-state index in [2.05, 4.69) is 20.9 Å². The van der Waals surface area contributed by atoms with Gasteiger partial charge in [-0.25, -0.2) is 4.79 Å². The molecular formula is C25H28N4O4. The maximum atomic E-state index is 12.6. The van der Waals surface area contributed by atoms with Gasteiger partial charge in [0.05, 0.1) is 0 Å². The van der Waals surface area contributed by atoms with Crippen molar-refractivity contribution >= 4 is 28.8 Å². The van der Waals surface area contributed by atoms with Gasteiger partial charge in [-0.05, 0) is 36.5 Å². The Bertz CT molecular complexity index is 1110. The average molecular weight is 449 g/mol. The molecule has 2 aromatic carbocycles. The van der Waals surface area contributed by atoms with Crippen LogP contribution in [0.15, 0.2) is 60.8 Å². The quantitative estimate of drug-likeness (QED) is 0.377. The third kappa shape index (κ3) is 5.91. The van der Waals surface area contributed by atoms with E-state index in [1.54, 1.807) is 0 Å². The Labute approximate surface area is 192 Å². The SMILES string of the molecule is O=C(NCCCC[C@H]1NC(=O)[C@@H](Cc2c[nH]c3ccccc23)NC1=O)OCc1ccccc1. The highest BCUT2D eigenvalue weighted by Crippen LogP contribution is 2.20. The largest absolute Gasteiger partial charge is 0.445 e. The van der Waals surface area contributed by atoms with Gasteiger partial charge in [0.2, 0.25) is 11.8 Å². The van der Waals surface area contributed by atoms with Gasteiger partial charge in [0.25, 0.3) is 0 Å². The molecule has 8 heteroatoms. The molecule has 0 aliphatic carbocycles. The number of fused-ring (bicyclic) bond motifs is 1. The van der Waals surface area contributed by atoms with Gasteiger partial charge in [-0.1, -0.05) is 48.5 Å². The van der Waals surface area contributed by atoms with Gasteiger partial charge in [0, 0.05) is 30.1 Å². The summed E-state index contributed by atoms with van der Waals surface area (Å²) in [5, 5.41) is 9.45. The molecule has 0 saturated carbocycles. The molecule has 3 aromatic rings. The van der Waals surface area contributed by atoms with Gasteiger partial charge >= 0.3 is 6.09 Å². The van der Waals surface area contributed by atoms with Crippen LogP contribution in [0.3, 0.4) is 0 Å². The summed E-state index contributed by atoms with van der Waals surface area (Å²) in [5.74, 6) is -0.345. The molecule has 33 heavy (non-hydrogen) atoms. The number of ether oxygens (including phenoxy) is 1. The van der Waals surface area contributed by atoms with Crippen LogP contribution in [0.25, 0.3) is 10.9 Å². The third-order valence-corrected chi connectivity index (χ3v) is 5.77. The predicted octanol–water partition coefficient (Wildman–Crippen LogP) is 2.79. The number of amides is 3. The van der Waals surface area contributed by atoms with E-state index in [0.717, 1.165) is 22.0 Å². The molecule has 4 N–H and O–H groups in total. The van der Waals surface area contributed by atoms with E-state index in [1.807, 2.05) is 60.8 Å². The zero-order valence-corrected chi connectivity index (χ0v) is 18.3. The molecule has 0 radical (unpaired) electrons. The van der Waals surface area contributed by atoms with Crippen LogP contribution < -0.4 is 16.0 Å². The number of hydrogen-bond donors (Lipinski definition) is 4. The maximum Gasteiger partial charge on any atom is 0.407 e. The molecule has 1 aliphatic rings. The Hall–Kier alpha value is -3.81. The highest BCUT2D eigenvalue weighted by Gasteiger charge is 2.33. The smallest absolute Gasteiger partial charge is 0.407 e. The van der Waals surface area contributed by atoms with E-state index in [9.17, 15) is 14.4 Å². The van der Waals surface area contributed by atoms with E-state index in [1.165, 1.54) is 0 Å². The fraction of sp³-hybridized carbons (Fsp3) is 0.320. The number of H-pyrrole nitrogens is 1. The van der Waals surface area contributed by atoms with Crippen molar-refractivity contribution in [1.82, 2.24) is 20.9 Å². The normalized spacial score (nSPS) is 17.9. The monoisotopic (exact) mass is 448 g/mol. The van der Waals surface area contributed by atoms with Gasteiger partial charge in [-0.3, -0.25) is 9.59 Å². The molecule has 1 fully saturated rings. The van der Waals surface area contributed by atoms with Crippen molar-refractivity contribution in [3.8, 4) is 0 Å². The summed E-state index contributed by atoms with van der Waals surface area (Å²) in [4.78, 5) is 40.0. The molecule has 172 valence electrons. The van der Waals surface area contributed by atoms with Crippen LogP contribution in [-0.2, 0) is 27.4 Å². The summed E-state index contributed by atoms with van der Waals surface area (Å²) in [6.07, 6.45) is 3.72. The van der Waals surface area contributed by atoms with Gasteiger partial charge < -0.3 is 25.7 Å². The Balaban J connectivity index is 1.15. The Kier molecular flexibility index (Phi) is 7.24. The zero-order chi connectivity index (χ0) is 23.0. The summed E-state index contributed by atoms with van der Waals surface area (Å²) in [5.41, 5.74) is 2.93. The number of piperazine rings is 1. The average Bonchev–Trinajstić information content (AvgIpc) is 3.24. The van der Waals surface area contributed by atoms with Crippen molar-refractivity contribution in [3.05, 3.63) is 71.9 Å². The number of alkyl carbamates (subject to hydrolysis) is 1. The van der Waals surface area contributed by atoms with Gasteiger partial charge in [0.15, 0.2) is 0 Å². The van der Waals surface area contributed by atoms with Gasteiger partial charge in [-0.15, -0.1) is 0 Å². The molecule has 0 unspecified atom stereocenters. The number of carbonyl (C=O) groups excluding carboxylic acids is 3. The van der Waals surface area contributed by atoms with Crippen LogP contribution in [0.5, 0.6) is 0 Å². The Morgan fingerprint density at radius 3 is 2.48 bits per heavy atom. The zero-order valence-electron chi connectivity index (χ0n) is 18.3. The van der Waals surface area contributed by atoms with Crippen LogP contribution in [0.4, 0.5) is 4.79 Å². The molecule has 3 amide bonds. The third-order valence-electron chi connectivity index (χ3n) is 5.77. The van der Waals surface area contributed by atoms with Crippen LogP contribution >= 0.6 is 0 Å². The first kappa shape index (κ1) is 22.4. The highest BCUT2D eigenvalue weighted by atomic mass is 16.5. The molecule has 1 aliphatic heterocycles. The second-order valence-corrected chi connectivity index (χ2v) is 8.17. The minimum Gasteiger partial charge on any atom is -0.445 e. The summed E-state index contributed by atoms with van der Waals surface area (Å²) < 4.78 is 5.16. The number of nitrogens with one attached hydrogen (secondary N) is 4. The van der Waals surface area contributed by atoms with E-state index in [0.29, 0.717) is 32.2 Å². The topological polar surface area (TPSA) is 112 Å². The number of unbranched alkanes of at least 4 members (excludes halogenated alkanes) is 1. The van der Waals surface area contributed by atoms with Crippen LogP contribution in [0, 0.1) is 0 Å². The van der Waals surface area contributed by atoms with E-state index in [4.69, 9.17) is 4.74 Å². The summed E-state index contributed by atoms with van der Waals surface area (Å²) in [7, 11) is 0. The fourth-order valence-corrected chi connectivity index (χ4v) is 3.98. The number of rotatable bonds is 9. The maximum absolute atomic E-state index is 12.6.